The lowest BCUT2D eigenvalue weighted by Crippen LogP contribution is -2.52. The summed E-state index contributed by atoms with van der Waals surface area (Å²) < 4.78 is 18.9. The molecular weight excluding hydrogens is 399 g/mol. The number of carbonyl (C=O) groups is 2. The summed E-state index contributed by atoms with van der Waals surface area (Å²) in [6, 6.07) is 13.7. The minimum Gasteiger partial charge on any atom is -0.467 e. The fourth-order valence-corrected chi connectivity index (χ4v) is 3.93. The lowest BCUT2D eigenvalue weighted by atomic mass is 9.96. The molecular formula is C23H23FN4O3. The molecule has 0 fully saturated rings. The fourth-order valence-electron chi connectivity index (χ4n) is 3.93. The van der Waals surface area contributed by atoms with Gasteiger partial charge in [-0.3, -0.25) is 0 Å². The van der Waals surface area contributed by atoms with Crippen LogP contribution in [0, 0.1) is 5.82 Å². The van der Waals surface area contributed by atoms with E-state index in [0.717, 1.165) is 11.3 Å². The molecule has 0 unspecified atom stereocenters. The number of esters is 1. The third kappa shape index (κ3) is 4.42. The SMILES string of the molecule is COC(=O)[C@@H](Cc1ccccc1)NC(=O)N1CCc2[nH]cnc2[C@H]1c1cccc(F)c1. The maximum Gasteiger partial charge on any atom is 0.328 e. The molecule has 2 atom stereocenters. The maximum atomic E-state index is 13.9. The molecule has 31 heavy (non-hydrogen) atoms. The predicted octanol–water partition coefficient (Wildman–Crippen LogP) is 2.99. The minimum atomic E-state index is -0.853. The predicted molar refractivity (Wildman–Crippen MR) is 112 cm³/mol. The van der Waals surface area contributed by atoms with E-state index in [4.69, 9.17) is 4.74 Å². The molecule has 2 N–H and O–H groups in total. The number of imidazole rings is 1. The van der Waals surface area contributed by atoms with Crippen molar-refractivity contribution in [3.63, 3.8) is 0 Å². The van der Waals surface area contributed by atoms with Crippen molar-refractivity contribution in [3.05, 3.63) is 89.3 Å². The smallest absolute Gasteiger partial charge is 0.328 e. The van der Waals surface area contributed by atoms with Gasteiger partial charge in [0.05, 0.1) is 19.1 Å². The number of nitrogens with one attached hydrogen (secondary N) is 2. The van der Waals surface area contributed by atoms with Crippen LogP contribution in [-0.4, -0.2) is 46.6 Å². The number of methoxy groups -OCH3 is 1. The summed E-state index contributed by atoms with van der Waals surface area (Å²) in [5.41, 5.74) is 3.09. The Hall–Kier alpha value is -3.68. The van der Waals surface area contributed by atoms with E-state index in [1.165, 1.54) is 19.2 Å². The van der Waals surface area contributed by atoms with E-state index in [2.05, 4.69) is 15.3 Å². The molecule has 1 aromatic heterocycles. The van der Waals surface area contributed by atoms with Gasteiger partial charge in [0.25, 0.3) is 0 Å². The van der Waals surface area contributed by atoms with Crippen molar-refractivity contribution in [2.45, 2.75) is 24.9 Å². The van der Waals surface area contributed by atoms with Crippen LogP contribution in [0.15, 0.2) is 60.9 Å². The monoisotopic (exact) mass is 422 g/mol. The van der Waals surface area contributed by atoms with Gasteiger partial charge in [0.15, 0.2) is 0 Å². The van der Waals surface area contributed by atoms with Crippen LogP contribution in [0.1, 0.15) is 28.6 Å². The summed E-state index contributed by atoms with van der Waals surface area (Å²) in [5.74, 6) is -0.922. The molecule has 3 aromatic rings. The van der Waals surface area contributed by atoms with Gasteiger partial charge in [-0.2, -0.15) is 0 Å². The summed E-state index contributed by atoms with van der Waals surface area (Å²) in [7, 11) is 1.29. The number of amides is 2. The Labute approximate surface area is 179 Å². The zero-order valence-corrected chi connectivity index (χ0v) is 17.0. The van der Waals surface area contributed by atoms with Crippen LogP contribution in [-0.2, 0) is 22.4 Å². The number of ether oxygens (including phenoxy) is 1. The standard InChI is InChI=1S/C23H23FN4O3/c1-31-22(29)19(12-15-6-3-2-4-7-15)27-23(30)28-11-10-18-20(26-14-25-18)21(28)16-8-5-9-17(24)13-16/h2-9,13-14,19,21H,10-12H2,1H3,(H,25,26)(H,27,30)/t19-,21-/m1/s1. The molecule has 2 amide bonds. The lowest BCUT2D eigenvalue weighted by Gasteiger charge is -2.36. The van der Waals surface area contributed by atoms with E-state index in [9.17, 15) is 14.0 Å². The second-order valence-electron chi connectivity index (χ2n) is 7.38. The molecule has 1 aliphatic heterocycles. The second kappa shape index (κ2) is 8.99. The van der Waals surface area contributed by atoms with Gasteiger partial charge < -0.3 is 19.9 Å². The summed E-state index contributed by atoms with van der Waals surface area (Å²) >= 11 is 0. The van der Waals surface area contributed by atoms with Crippen LogP contribution in [0.25, 0.3) is 0 Å². The molecule has 2 aromatic carbocycles. The van der Waals surface area contributed by atoms with Gasteiger partial charge >= 0.3 is 12.0 Å². The Kier molecular flexibility index (Phi) is 5.97. The largest absolute Gasteiger partial charge is 0.467 e. The van der Waals surface area contributed by atoms with Gasteiger partial charge in [0.1, 0.15) is 17.9 Å². The first-order valence-corrected chi connectivity index (χ1v) is 10.0. The maximum absolute atomic E-state index is 13.9. The topological polar surface area (TPSA) is 87.3 Å². The van der Waals surface area contributed by atoms with Crippen molar-refractivity contribution in [2.75, 3.05) is 13.7 Å². The Morgan fingerprint density at radius 1 is 1.26 bits per heavy atom. The minimum absolute atomic E-state index is 0.297. The molecule has 0 spiro atoms. The number of halogens is 1. The molecule has 160 valence electrons. The molecule has 0 saturated carbocycles. The molecule has 0 bridgehead atoms. The van der Waals surface area contributed by atoms with Gasteiger partial charge in [-0.15, -0.1) is 0 Å². The van der Waals surface area contributed by atoms with Crippen molar-refractivity contribution < 1.29 is 18.7 Å². The summed E-state index contributed by atoms with van der Waals surface area (Å²) in [5, 5.41) is 2.80. The van der Waals surface area contributed by atoms with Gasteiger partial charge in [-0.1, -0.05) is 42.5 Å². The van der Waals surface area contributed by atoms with E-state index in [-0.39, 0.29) is 0 Å². The summed E-state index contributed by atoms with van der Waals surface area (Å²) in [4.78, 5) is 34.7. The normalized spacial score (nSPS) is 16.3. The van der Waals surface area contributed by atoms with Crippen LogP contribution < -0.4 is 5.32 Å². The average Bonchev–Trinajstić information content (AvgIpc) is 3.27. The molecule has 1 aliphatic rings. The van der Waals surface area contributed by atoms with Crippen LogP contribution in [0.2, 0.25) is 0 Å². The third-order valence-corrected chi connectivity index (χ3v) is 5.42. The molecule has 8 heteroatoms. The number of rotatable bonds is 5. The van der Waals surface area contributed by atoms with Crippen LogP contribution in [0.3, 0.4) is 0 Å². The summed E-state index contributed by atoms with van der Waals surface area (Å²) in [6.07, 6.45) is 2.45. The van der Waals surface area contributed by atoms with E-state index in [1.54, 1.807) is 23.4 Å². The number of urea groups is 1. The fraction of sp³-hybridized carbons (Fsp3) is 0.261. The Morgan fingerprint density at radius 2 is 2.06 bits per heavy atom. The number of benzene rings is 2. The first-order valence-electron chi connectivity index (χ1n) is 10.0. The van der Waals surface area contributed by atoms with Crippen LogP contribution in [0.5, 0.6) is 0 Å². The number of hydrogen-bond donors (Lipinski definition) is 2. The molecule has 0 aliphatic carbocycles. The van der Waals surface area contributed by atoms with Crippen molar-refractivity contribution in [2.24, 2.45) is 0 Å². The zero-order chi connectivity index (χ0) is 21.8. The third-order valence-electron chi connectivity index (χ3n) is 5.42. The molecule has 0 saturated heterocycles. The number of hydrogen-bond acceptors (Lipinski definition) is 4. The lowest BCUT2D eigenvalue weighted by molar-refractivity contribution is -0.142. The van der Waals surface area contributed by atoms with Gasteiger partial charge in [-0.05, 0) is 23.3 Å². The highest BCUT2D eigenvalue weighted by Gasteiger charge is 2.36. The Balaban J connectivity index is 1.61. The Bertz CT molecular complexity index is 1070. The van der Waals surface area contributed by atoms with Crippen LogP contribution in [0.4, 0.5) is 9.18 Å². The van der Waals surface area contributed by atoms with Crippen molar-refractivity contribution in [1.29, 1.82) is 0 Å². The highest BCUT2D eigenvalue weighted by Crippen LogP contribution is 2.33. The number of nitrogens with zero attached hydrogens (tertiary/aromatic N) is 2. The highest BCUT2D eigenvalue weighted by molar-refractivity contribution is 5.84. The molecule has 0 radical (unpaired) electrons. The quantitative estimate of drug-likeness (QED) is 0.619. The average molecular weight is 422 g/mol. The van der Waals surface area contributed by atoms with E-state index in [1.807, 2.05) is 30.3 Å². The van der Waals surface area contributed by atoms with Crippen molar-refractivity contribution in [1.82, 2.24) is 20.2 Å². The van der Waals surface area contributed by atoms with Gasteiger partial charge in [-0.25, -0.2) is 19.0 Å². The van der Waals surface area contributed by atoms with Crippen molar-refractivity contribution >= 4 is 12.0 Å². The number of H-pyrrole nitrogens is 1. The summed E-state index contributed by atoms with van der Waals surface area (Å²) in [6.45, 7) is 0.390. The first kappa shape index (κ1) is 20.6. The van der Waals surface area contributed by atoms with Gasteiger partial charge in [0, 0.05) is 25.1 Å². The second-order valence-corrected chi connectivity index (χ2v) is 7.38. The molecule has 7 nitrogen and oxygen atoms in total. The van der Waals surface area contributed by atoms with E-state index in [0.29, 0.717) is 30.6 Å². The van der Waals surface area contributed by atoms with E-state index < -0.39 is 29.9 Å². The van der Waals surface area contributed by atoms with Crippen molar-refractivity contribution in [3.8, 4) is 0 Å². The number of carbonyl (C=O) groups excluding carboxylic acids is 2. The number of aromatic amines is 1. The Morgan fingerprint density at radius 3 is 2.81 bits per heavy atom. The molecule has 4 rings (SSSR count). The van der Waals surface area contributed by atoms with Crippen LogP contribution >= 0.6 is 0 Å². The first-order chi connectivity index (χ1) is 15.1. The van der Waals surface area contributed by atoms with Gasteiger partial charge in [0.2, 0.25) is 0 Å². The highest BCUT2D eigenvalue weighted by atomic mass is 19.1. The van der Waals surface area contributed by atoms with E-state index >= 15 is 0 Å². The number of aromatic nitrogens is 2. The molecule has 2 heterocycles. The number of fused-ring (bicyclic) bond motifs is 1. The zero-order valence-electron chi connectivity index (χ0n) is 17.0.